The fourth-order valence-electron chi connectivity index (χ4n) is 2.86. The van der Waals surface area contributed by atoms with Crippen LogP contribution in [0.2, 0.25) is 0 Å². The number of nitrogens with one attached hydrogen (secondary N) is 1. The van der Waals surface area contributed by atoms with E-state index in [1.54, 1.807) is 0 Å². The van der Waals surface area contributed by atoms with Crippen molar-refractivity contribution < 1.29 is 5.11 Å². The van der Waals surface area contributed by atoms with Crippen LogP contribution < -0.4 is 5.32 Å². The van der Waals surface area contributed by atoms with Crippen molar-refractivity contribution in [3.63, 3.8) is 0 Å². The van der Waals surface area contributed by atoms with Gasteiger partial charge < -0.3 is 10.4 Å². The Morgan fingerprint density at radius 1 is 1.24 bits per heavy atom. The molecule has 0 amide bonds. The number of hydrogen-bond donors (Lipinski definition) is 2. The number of aliphatic hydroxyl groups is 1. The number of benzene rings is 1. The minimum absolute atomic E-state index is 0.171. The van der Waals surface area contributed by atoms with Crippen LogP contribution in [0, 0.1) is 0 Å². The third kappa shape index (κ3) is 2.70. The summed E-state index contributed by atoms with van der Waals surface area (Å²) in [5.74, 6) is 0. The molecule has 2 nitrogen and oxygen atoms in total. The quantitative estimate of drug-likeness (QED) is 0.819. The van der Waals surface area contributed by atoms with Crippen LogP contribution in [0.3, 0.4) is 0 Å². The van der Waals surface area contributed by atoms with Gasteiger partial charge >= 0.3 is 0 Å². The molecule has 1 aliphatic carbocycles. The predicted octanol–water partition coefficient (Wildman–Crippen LogP) is 2.82. The Morgan fingerprint density at radius 3 is 2.41 bits per heavy atom. The lowest BCUT2D eigenvalue weighted by Gasteiger charge is -2.35. The monoisotopic (exact) mass is 233 g/mol. The third-order valence-corrected chi connectivity index (χ3v) is 4.04. The molecule has 0 aliphatic heterocycles. The topological polar surface area (TPSA) is 32.3 Å². The van der Waals surface area contributed by atoms with E-state index in [1.165, 1.54) is 31.2 Å². The summed E-state index contributed by atoms with van der Waals surface area (Å²) >= 11 is 0. The molecule has 0 radical (unpaired) electrons. The van der Waals surface area contributed by atoms with E-state index in [2.05, 4.69) is 24.4 Å². The van der Waals surface area contributed by atoms with E-state index >= 15 is 0 Å². The highest BCUT2D eigenvalue weighted by molar-refractivity contribution is 5.25. The van der Waals surface area contributed by atoms with Crippen LogP contribution in [-0.4, -0.2) is 17.8 Å². The second-order valence-electron chi connectivity index (χ2n) is 5.09. The highest BCUT2D eigenvalue weighted by atomic mass is 16.3. The van der Waals surface area contributed by atoms with Gasteiger partial charge in [-0.3, -0.25) is 0 Å². The first-order valence-corrected chi connectivity index (χ1v) is 6.75. The average Bonchev–Trinajstić information content (AvgIpc) is 2.90. The van der Waals surface area contributed by atoms with E-state index in [9.17, 15) is 5.11 Å². The summed E-state index contributed by atoms with van der Waals surface area (Å²) in [7, 11) is 0. The fraction of sp³-hybridized carbons (Fsp3) is 0.600. The van der Waals surface area contributed by atoms with Gasteiger partial charge in [-0.15, -0.1) is 0 Å². The fourth-order valence-corrected chi connectivity index (χ4v) is 2.86. The molecule has 1 aliphatic rings. The van der Waals surface area contributed by atoms with Gasteiger partial charge in [-0.05, 0) is 24.8 Å². The molecule has 1 unspecified atom stereocenters. The second-order valence-corrected chi connectivity index (χ2v) is 5.09. The van der Waals surface area contributed by atoms with Crippen LogP contribution >= 0.6 is 0 Å². The van der Waals surface area contributed by atoms with Crippen LogP contribution in [-0.2, 0) is 5.54 Å². The SMILES string of the molecule is CCC(CO)(NC1CCCC1)c1ccccc1. The summed E-state index contributed by atoms with van der Waals surface area (Å²) < 4.78 is 0. The third-order valence-electron chi connectivity index (χ3n) is 4.04. The maximum absolute atomic E-state index is 9.83. The molecule has 17 heavy (non-hydrogen) atoms. The van der Waals surface area contributed by atoms with Gasteiger partial charge in [0.1, 0.15) is 0 Å². The summed E-state index contributed by atoms with van der Waals surface area (Å²) in [5, 5.41) is 13.5. The first-order chi connectivity index (χ1) is 8.30. The summed E-state index contributed by atoms with van der Waals surface area (Å²) in [5.41, 5.74) is 0.952. The Balaban J connectivity index is 2.19. The van der Waals surface area contributed by atoms with Gasteiger partial charge in [0, 0.05) is 6.04 Å². The Morgan fingerprint density at radius 2 is 1.88 bits per heavy atom. The van der Waals surface area contributed by atoms with E-state index < -0.39 is 0 Å². The van der Waals surface area contributed by atoms with Crippen molar-refractivity contribution in [1.29, 1.82) is 0 Å². The molecular weight excluding hydrogens is 210 g/mol. The maximum Gasteiger partial charge on any atom is 0.0668 e. The van der Waals surface area contributed by atoms with Gasteiger partial charge in [0.25, 0.3) is 0 Å². The van der Waals surface area contributed by atoms with Gasteiger partial charge in [-0.2, -0.15) is 0 Å². The van der Waals surface area contributed by atoms with Crippen molar-refractivity contribution in [3.05, 3.63) is 35.9 Å². The zero-order chi connectivity index (χ0) is 12.1. The minimum atomic E-state index is -0.254. The molecule has 94 valence electrons. The lowest BCUT2D eigenvalue weighted by Crippen LogP contribution is -2.49. The van der Waals surface area contributed by atoms with Crippen LogP contribution in [0.4, 0.5) is 0 Å². The van der Waals surface area contributed by atoms with Crippen LogP contribution in [0.1, 0.15) is 44.6 Å². The molecule has 1 fully saturated rings. The Kier molecular flexibility index (Phi) is 4.19. The van der Waals surface area contributed by atoms with Gasteiger partial charge in [-0.1, -0.05) is 50.1 Å². The van der Waals surface area contributed by atoms with E-state index in [4.69, 9.17) is 0 Å². The number of hydrogen-bond acceptors (Lipinski definition) is 2. The largest absolute Gasteiger partial charge is 0.394 e. The number of aliphatic hydroxyl groups excluding tert-OH is 1. The van der Waals surface area contributed by atoms with E-state index in [0.717, 1.165) is 6.42 Å². The smallest absolute Gasteiger partial charge is 0.0668 e. The van der Waals surface area contributed by atoms with Crippen LogP contribution in [0.15, 0.2) is 30.3 Å². The zero-order valence-corrected chi connectivity index (χ0v) is 10.7. The molecule has 0 saturated heterocycles. The summed E-state index contributed by atoms with van der Waals surface area (Å²) in [6.07, 6.45) is 6.04. The molecule has 2 rings (SSSR count). The Hall–Kier alpha value is -0.860. The molecule has 0 spiro atoms. The number of rotatable bonds is 5. The van der Waals surface area contributed by atoms with E-state index in [-0.39, 0.29) is 12.1 Å². The molecule has 0 bridgehead atoms. The molecule has 0 heterocycles. The van der Waals surface area contributed by atoms with Gasteiger partial charge in [0.2, 0.25) is 0 Å². The van der Waals surface area contributed by atoms with Crippen LogP contribution in [0.25, 0.3) is 0 Å². The first-order valence-electron chi connectivity index (χ1n) is 6.75. The molecule has 1 saturated carbocycles. The normalized spacial score (nSPS) is 20.4. The van der Waals surface area contributed by atoms with Gasteiger partial charge in [0.15, 0.2) is 0 Å². The standard InChI is InChI=1S/C15H23NO/c1-2-15(12-17,13-8-4-3-5-9-13)16-14-10-6-7-11-14/h3-5,8-9,14,16-17H,2,6-7,10-12H2,1H3. The summed E-state index contributed by atoms with van der Waals surface area (Å²) in [6, 6.07) is 10.9. The molecule has 1 atom stereocenters. The molecule has 0 aromatic heterocycles. The lowest BCUT2D eigenvalue weighted by atomic mass is 9.87. The van der Waals surface area contributed by atoms with Crippen molar-refractivity contribution in [2.24, 2.45) is 0 Å². The predicted molar refractivity (Wildman–Crippen MR) is 70.9 cm³/mol. The second kappa shape index (κ2) is 5.65. The Bertz CT molecular complexity index is 326. The van der Waals surface area contributed by atoms with Crippen molar-refractivity contribution in [2.75, 3.05) is 6.61 Å². The molecule has 2 heteroatoms. The van der Waals surface area contributed by atoms with Crippen molar-refractivity contribution in [1.82, 2.24) is 5.32 Å². The van der Waals surface area contributed by atoms with Gasteiger partial charge in [0.05, 0.1) is 12.1 Å². The molecule has 1 aromatic carbocycles. The van der Waals surface area contributed by atoms with E-state index in [1.807, 2.05) is 18.2 Å². The highest BCUT2D eigenvalue weighted by Crippen LogP contribution is 2.29. The van der Waals surface area contributed by atoms with Crippen LogP contribution in [0.5, 0.6) is 0 Å². The highest BCUT2D eigenvalue weighted by Gasteiger charge is 2.32. The van der Waals surface area contributed by atoms with Crippen molar-refractivity contribution in [3.8, 4) is 0 Å². The summed E-state index contributed by atoms with van der Waals surface area (Å²) in [4.78, 5) is 0. The first kappa shape index (κ1) is 12.6. The van der Waals surface area contributed by atoms with E-state index in [0.29, 0.717) is 6.04 Å². The molecule has 2 N–H and O–H groups in total. The van der Waals surface area contributed by atoms with Crippen molar-refractivity contribution in [2.45, 2.75) is 50.6 Å². The lowest BCUT2D eigenvalue weighted by molar-refractivity contribution is 0.142. The zero-order valence-electron chi connectivity index (χ0n) is 10.7. The van der Waals surface area contributed by atoms with Gasteiger partial charge in [-0.25, -0.2) is 0 Å². The summed E-state index contributed by atoms with van der Waals surface area (Å²) in [6.45, 7) is 2.31. The average molecular weight is 233 g/mol. The minimum Gasteiger partial charge on any atom is -0.394 e. The maximum atomic E-state index is 9.83. The molecule has 1 aromatic rings. The van der Waals surface area contributed by atoms with Crippen molar-refractivity contribution >= 4 is 0 Å². The Labute approximate surface area is 104 Å². The molecular formula is C15H23NO.